The molecule has 1 saturated heterocycles. The van der Waals surface area contributed by atoms with Crippen molar-refractivity contribution in [3.8, 4) is 0 Å². The Hall–Kier alpha value is -3.29. The Labute approximate surface area is 164 Å². The molecule has 3 aromatic rings. The zero-order valence-electron chi connectivity index (χ0n) is 16.2. The van der Waals surface area contributed by atoms with Crippen LogP contribution in [0, 0.1) is 0 Å². The van der Waals surface area contributed by atoms with Crippen LogP contribution >= 0.6 is 0 Å². The van der Waals surface area contributed by atoms with Crippen LogP contribution in [0.5, 0.6) is 0 Å². The smallest absolute Gasteiger partial charge is 0.247 e. The Morgan fingerprint density at radius 3 is 2.29 bits per heavy atom. The molecule has 8 nitrogen and oxygen atoms in total. The van der Waals surface area contributed by atoms with Crippen molar-refractivity contribution in [1.82, 2.24) is 25.1 Å². The highest BCUT2D eigenvalue weighted by molar-refractivity contribution is 5.61. The highest BCUT2D eigenvalue weighted by atomic mass is 15.4. The molecule has 2 aromatic heterocycles. The largest absolute Gasteiger partial charge is 0.339 e. The second-order valence-electron chi connectivity index (χ2n) is 7.03. The fourth-order valence-corrected chi connectivity index (χ4v) is 3.30. The standard InChI is InChI=1S/C20H24N8/c1-15(2)16-6-3-4-7-17(16)24-18-14-23-26-20(25-18)28-12-10-27(11-13-28)19-21-8-5-9-22-19/h3-9,14-15H,10-13H2,1-2H3,(H,24,25,26). The number of piperazine rings is 1. The van der Waals surface area contributed by atoms with Gasteiger partial charge in [0.05, 0.1) is 6.20 Å². The molecule has 0 saturated carbocycles. The zero-order valence-corrected chi connectivity index (χ0v) is 16.2. The van der Waals surface area contributed by atoms with Gasteiger partial charge >= 0.3 is 0 Å². The quantitative estimate of drug-likeness (QED) is 0.728. The number of nitrogens with zero attached hydrogens (tertiary/aromatic N) is 7. The van der Waals surface area contributed by atoms with Gasteiger partial charge in [0.2, 0.25) is 11.9 Å². The van der Waals surface area contributed by atoms with Crippen LogP contribution in [0.4, 0.5) is 23.4 Å². The van der Waals surface area contributed by atoms with Gasteiger partial charge in [-0.25, -0.2) is 9.97 Å². The van der Waals surface area contributed by atoms with Gasteiger partial charge in [-0.2, -0.15) is 10.1 Å². The molecule has 144 valence electrons. The molecule has 4 rings (SSSR count). The van der Waals surface area contributed by atoms with Gasteiger partial charge in [0.25, 0.3) is 0 Å². The summed E-state index contributed by atoms with van der Waals surface area (Å²) < 4.78 is 0. The van der Waals surface area contributed by atoms with Crippen molar-refractivity contribution in [2.75, 3.05) is 41.3 Å². The number of hydrogen-bond donors (Lipinski definition) is 1. The molecule has 0 bridgehead atoms. The van der Waals surface area contributed by atoms with Gasteiger partial charge in [0.1, 0.15) is 0 Å². The minimum absolute atomic E-state index is 0.422. The molecule has 1 fully saturated rings. The monoisotopic (exact) mass is 376 g/mol. The number of aromatic nitrogens is 5. The van der Waals surface area contributed by atoms with E-state index in [1.54, 1.807) is 18.6 Å². The number of para-hydroxylation sites is 1. The van der Waals surface area contributed by atoms with Gasteiger partial charge in [-0.1, -0.05) is 32.0 Å². The van der Waals surface area contributed by atoms with Gasteiger partial charge < -0.3 is 15.1 Å². The summed E-state index contributed by atoms with van der Waals surface area (Å²) >= 11 is 0. The second kappa shape index (κ2) is 8.16. The molecule has 3 heterocycles. The van der Waals surface area contributed by atoms with Crippen LogP contribution in [-0.2, 0) is 0 Å². The summed E-state index contributed by atoms with van der Waals surface area (Å²) in [5.74, 6) is 2.53. The van der Waals surface area contributed by atoms with Gasteiger partial charge in [-0.15, -0.1) is 5.10 Å². The predicted octanol–water partition coefficient (Wildman–Crippen LogP) is 2.86. The third-order valence-electron chi connectivity index (χ3n) is 4.79. The average Bonchev–Trinajstić information content (AvgIpc) is 2.75. The molecule has 8 heteroatoms. The van der Waals surface area contributed by atoms with Crippen molar-refractivity contribution < 1.29 is 0 Å². The van der Waals surface area contributed by atoms with Crippen molar-refractivity contribution >= 4 is 23.4 Å². The second-order valence-corrected chi connectivity index (χ2v) is 7.03. The molecule has 1 N–H and O–H groups in total. The van der Waals surface area contributed by atoms with E-state index in [4.69, 9.17) is 0 Å². The topological polar surface area (TPSA) is 83.0 Å². The first-order valence-corrected chi connectivity index (χ1v) is 9.53. The summed E-state index contributed by atoms with van der Waals surface area (Å²) in [5, 5.41) is 11.8. The van der Waals surface area contributed by atoms with Gasteiger partial charge in [0, 0.05) is 44.3 Å². The lowest BCUT2D eigenvalue weighted by Gasteiger charge is -2.34. The molecule has 0 radical (unpaired) electrons. The van der Waals surface area contributed by atoms with E-state index in [9.17, 15) is 0 Å². The van der Waals surface area contributed by atoms with Crippen LogP contribution in [0.2, 0.25) is 0 Å². The Morgan fingerprint density at radius 2 is 1.57 bits per heavy atom. The van der Waals surface area contributed by atoms with Crippen LogP contribution in [-0.4, -0.2) is 51.3 Å². The van der Waals surface area contributed by atoms with E-state index in [0.29, 0.717) is 17.7 Å². The van der Waals surface area contributed by atoms with Crippen molar-refractivity contribution in [2.45, 2.75) is 19.8 Å². The number of hydrogen-bond acceptors (Lipinski definition) is 8. The number of rotatable bonds is 5. The van der Waals surface area contributed by atoms with Crippen molar-refractivity contribution in [1.29, 1.82) is 0 Å². The fourth-order valence-electron chi connectivity index (χ4n) is 3.30. The Balaban J connectivity index is 1.45. The molecular weight excluding hydrogens is 352 g/mol. The van der Waals surface area contributed by atoms with Crippen LogP contribution < -0.4 is 15.1 Å². The Bertz CT molecular complexity index is 907. The van der Waals surface area contributed by atoms with Crippen molar-refractivity contribution in [3.63, 3.8) is 0 Å². The first-order valence-electron chi connectivity index (χ1n) is 9.53. The molecule has 0 amide bonds. The van der Waals surface area contributed by atoms with Crippen LogP contribution in [0.3, 0.4) is 0 Å². The molecule has 28 heavy (non-hydrogen) atoms. The molecule has 1 aliphatic heterocycles. The predicted molar refractivity (Wildman–Crippen MR) is 110 cm³/mol. The highest BCUT2D eigenvalue weighted by Gasteiger charge is 2.21. The normalized spacial score (nSPS) is 14.4. The van der Waals surface area contributed by atoms with Crippen molar-refractivity contribution in [3.05, 3.63) is 54.5 Å². The van der Waals surface area contributed by atoms with Crippen LogP contribution in [0.1, 0.15) is 25.3 Å². The van der Waals surface area contributed by atoms with E-state index in [-0.39, 0.29) is 0 Å². The van der Waals surface area contributed by atoms with Crippen LogP contribution in [0.25, 0.3) is 0 Å². The number of benzene rings is 1. The first kappa shape index (κ1) is 18.1. The Kier molecular flexibility index (Phi) is 5.27. The molecule has 0 spiro atoms. The van der Waals surface area contributed by atoms with E-state index in [0.717, 1.165) is 37.8 Å². The summed E-state index contributed by atoms with van der Waals surface area (Å²) in [6.07, 6.45) is 5.20. The zero-order chi connectivity index (χ0) is 19.3. The average molecular weight is 376 g/mol. The van der Waals surface area contributed by atoms with Crippen molar-refractivity contribution in [2.24, 2.45) is 0 Å². The van der Waals surface area contributed by atoms with E-state index < -0.39 is 0 Å². The van der Waals surface area contributed by atoms with E-state index >= 15 is 0 Å². The summed E-state index contributed by atoms with van der Waals surface area (Å²) in [7, 11) is 0. The third-order valence-corrected chi connectivity index (χ3v) is 4.79. The third kappa shape index (κ3) is 4.00. The Morgan fingerprint density at radius 1 is 0.893 bits per heavy atom. The van der Waals surface area contributed by atoms with Gasteiger partial charge in [0.15, 0.2) is 5.82 Å². The van der Waals surface area contributed by atoms with Gasteiger partial charge in [-0.3, -0.25) is 0 Å². The maximum absolute atomic E-state index is 4.68. The number of anilines is 4. The maximum Gasteiger partial charge on any atom is 0.247 e. The highest BCUT2D eigenvalue weighted by Crippen LogP contribution is 2.26. The lowest BCUT2D eigenvalue weighted by molar-refractivity contribution is 0.624. The van der Waals surface area contributed by atoms with Crippen LogP contribution in [0.15, 0.2) is 48.9 Å². The molecule has 0 atom stereocenters. The van der Waals surface area contributed by atoms with E-state index in [1.165, 1.54) is 5.56 Å². The summed E-state index contributed by atoms with van der Waals surface area (Å²) in [6.45, 7) is 7.60. The van der Waals surface area contributed by atoms with Gasteiger partial charge in [-0.05, 0) is 23.6 Å². The van der Waals surface area contributed by atoms with E-state index in [2.05, 4.69) is 72.3 Å². The lowest BCUT2D eigenvalue weighted by atomic mass is 10.0. The van der Waals surface area contributed by atoms with E-state index in [1.807, 2.05) is 12.1 Å². The molecule has 0 aliphatic carbocycles. The molecule has 0 unspecified atom stereocenters. The number of nitrogens with one attached hydrogen (secondary N) is 1. The SMILES string of the molecule is CC(C)c1ccccc1Nc1cnnc(N2CCN(c3ncccn3)CC2)n1. The molecular formula is C20H24N8. The molecule has 1 aliphatic rings. The minimum Gasteiger partial charge on any atom is -0.339 e. The minimum atomic E-state index is 0.422. The summed E-state index contributed by atoms with van der Waals surface area (Å²) in [5.41, 5.74) is 2.30. The summed E-state index contributed by atoms with van der Waals surface area (Å²) in [4.78, 5) is 17.7. The first-order chi connectivity index (χ1) is 13.7. The fraction of sp³-hybridized carbons (Fsp3) is 0.350. The summed E-state index contributed by atoms with van der Waals surface area (Å²) in [6, 6.07) is 10.1. The molecule has 1 aromatic carbocycles. The lowest BCUT2D eigenvalue weighted by Crippen LogP contribution is -2.47. The maximum atomic E-state index is 4.68.